The Bertz CT molecular complexity index is 555. The number of rotatable bonds is 3. The van der Waals surface area contributed by atoms with Crippen LogP contribution in [-0.4, -0.2) is 10.1 Å². The highest BCUT2D eigenvalue weighted by atomic mass is 79.9. The molecule has 1 unspecified atom stereocenters. The van der Waals surface area contributed by atoms with Gasteiger partial charge in [-0.05, 0) is 44.6 Å². The zero-order valence-corrected chi connectivity index (χ0v) is 13.7. The smallest absolute Gasteiger partial charge is 0.0845 e. The standard InChI is InChI=1S/C17H20BrNO/c1-17(2,3)13-6-4-12(5-7-13)16(20)10-15-9-8-14(18)11-19-15/h4-9,11,16,20H,10H2,1-3H3. The lowest BCUT2D eigenvalue weighted by atomic mass is 9.86. The normalized spacial score (nSPS) is 13.2. The van der Waals surface area contributed by atoms with Gasteiger partial charge < -0.3 is 5.11 Å². The van der Waals surface area contributed by atoms with Crippen LogP contribution in [0.25, 0.3) is 0 Å². The largest absolute Gasteiger partial charge is 0.388 e. The first-order chi connectivity index (χ1) is 9.36. The first-order valence-corrected chi connectivity index (χ1v) is 7.54. The van der Waals surface area contributed by atoms with E-state index in [1.54, 1.807) is 6.20 Å². The highest BCUT2D eigenvalue weighted by Crippen LogP contribution is 2.25. The molecule has 0 amide bonds. The van der Waals surface area contributed by atoms with Crippen molar-refractivity contribution in [3.8, 4) is 0 Å². The van der Waals surface area contributed by atoms with Crippen molar-refractivity contribution in [3.63, 3.8) is 0 Å². The summed E-state index contributed by atoms with van der Waals surface area (Å²) in [6.07, 6.45) is 1.77. The van der Waals surface area contributed by atoms with Crippen LogP contribution < -0.4 is 0 Å². The van der Waals surface area contributed by atoms with E-state index in [-0.39, 0.29) is 5.41 Å². The number of aliphatic hydroxyl groups is 1. The van der Waals surface area contributed by atoms with Gasteiger partial charge in [0.15, 0.2) is 0 Å². The zero-order valence-electron chi connectivity index (χ0n) is 12.1. The van der Waals surface area contributed by atoms with E-state index in [0.717, 1.165) is 15.7 Å². The minimum Gasteiger partial charge on any atom is -0.388 e. The molecule has 0 bridgehead atoms. The van der Waals surface area contributed by atoms with Gasteiger partial charge in [-0.2, -0.15) is 0 Å². The Kier molecular flexibility index (Phi) is 4.61. The predicted molar refractivity (Wildman–Crippen MR) is 85.7 cm³/mol. The van der Waals surface area contributed by atoms with E-state index in [9.17, 15) is 5.11 Å². The molecule has 0 fully saturated rings. The van der Waals surface area contributed by atoms with Crippen molar-refractivity contribution in [1.82, 2.24) is 4.98 Å². The molecule has 0 aliphatic rings. The van der Waals surface area contributed by atoms with Crippen molar-refractivity contribution >= 4 is 15.9 Å². The van der Waals surface area contributed by atoms with Crippen LogP contribution in [0.4, 0.5) is 0 Å². The van der Waals surface area contributed by atoms with E-state index >= 15 is 0 Å². The molecular weight excluding hydrogens is 314 g/mol. The summed E-state index contributed by atoms with van der Waals surface area (Å²) < 4.78 is 0.949. The van der Waals surface area contributed by atoms with Gasteiger partial charge in [0.05, 0.1) is 6.10 Å². The Morgan fingerprint density at radius 3 is 2.25 bits per heavy atom. The molecule has 1 atom stereocenters. The summed E-state index contributed by atoms with van der Waals surface area (Å²) >= 11 is 3.36. The SMILES string of the molecule is CC(C)(C)c1ccc(C(O)Cc2ccc(Br)cn2)cc1. The molecule has 0 spiro atoms. The van der Waals surface area contributed by atoms with Crippen LogP contribution in [0, 0.1) is 0 Å². The van der Waals surface area contributed by atoms with Gasteiger partial charge in [0.25, 0.3) is 0 Å². The van der Waals surface area contributed by atoms with Crippen LogP contribution >= 0.6 is 15.9 Å². The third-order valence-corrected chi connectivity index (χ3v) is 3.82. The lowest BCUT2D eigenvalue weighted by Crippen LogP contribution is -2.11. The molecule has 2 aromatic rings. The Balaban J connectivity index is 2.09. The molecule has 3 heteroatoms. The number of halogens is 1. The monoisotopic (exact) mass is 333 g/mol. The molecule has 0 aliphatic carbocycles. The van der Waals surface area contributed by atoms with Crippen molar-refractivity contribution in [3.05, 3.63) is 63.9 Å². The molecule has 2 nitrogen and oxygen atoms in total. The maximum absolute atomic E-state index is 10.3. The summed E-state index contributed by atoms with van der Waals surface area (Å²) in [5.41, 5.74) is 3.23. The number of aliphatic hydroxyl groups excluding tert-OH is 1. The van der Waals surface area contributed by atoms with Gasteiger partial charge in [-0.15, -0.1) is 0 Å². The predicted octanol–water partition coefficient (Wildman–Crippen LogP) is 4.42. The van der Waals surface area contributed by atoms with Crippen LogP contribution in [0.3, 0.4) is 0 Å². The molecular formula is C17H20BrNO. The molecule has 1 N–H and O–H groups in total. The van der Waals surface area contributed by atoms with Crippen molar-refractivity contribution in [2.45, 2.75) is 38.7 Å². The van der Waals surface area contributed by atoms with Gasteiger partial charge in [-0.25, -0.2) is 0 Å². The van der Waals surface area contributed by atoms with Crippen molar-refractivity contribution in [2.75, 3.05) is 0 Å². The van der Waals surface area contributed by atoms with Gasteiger partial charge in [0.1, 0.15) is 0 Å². The number of pyridine rings is 1. The molecule has 0 saturated heterocycles. The number of hydrogen-bond donors (Lipinski definition) is 1. The fourth-order valence-electron chi connectivity index (χ4n) is 2.05. The fraction of sp³-hybridized carbons (Fsp3) is 0.353. The minimum absolute atomic E-state index is 0.136. The number of nitrogens with zero attached hydrogens (tertiary/aromatic N) is 1. The first-order valence-electron chi connectivity index (χ1n) is 6.75. The third kappa shape index (κ3) is 3.90. The lowest BCUT2D eigenvalue weighted by Gasteiger charge is -2.20. The summed E-state index contributed by atoms with van der Waals surface area (Å²) in [6.45, 7) is 6.55. The summed E-state index contributed by atoms with van der Waals surface area (Å²) in [7, 11) is 0. The Morgan fingerprint density at radius 2 is 1.75 bits per heavy atom. The van der Waals surface area contributed by atoms with Gasteiger partial charge in [0.2, 0.25) is 0 Å². The second-order valence-electron chi connectivity index (χ2n) is 6.06. The van der Waals surface area contributed by atoms with Crippen LogP contribution in [-0.2, 0) is 11.8 Å². The Hall–Kier alpha value is -1.19. The highest BCUT2D eigenvalue weighted by molar-refractivity contribution is 9.10. The molecule has 2 rings (SSSR count). The van der Waals surface area contributed by atoms with Crippen LogP contribution in [0.1, 0.15) is 43.7 Å². The maximum Gasteiger partial charge on any atom is 0.0845 e. The van der Waals surface area contributed by atoms with Gasteiger partial charge in [-0.1, -0.05) is 45.0 Å². The lowest BCUT2D eigenvalue weighted by molar-refractivity contribution is 0.177. The number of benzene rings is 1. The van der Waals surface area contributed by atoms with E-state index in [0.29, 0.717) is 6.42 Å². The molecule has 0 aliphatic heterocycles. The second kappa shape index (κ2) is 6.06. The first kappa shape index (κ1) is 15.2. The van der Waals surface area contributed by atoms with E-state index < -0.39 is 6.10 Å². The van der Waals surface area contributed by atoms with Gasteiger partial charge in [-0.3, -0.25) is 4.98 Å². The number of hydrogen-bond acceptors (Lipinski definition) is 2. The maximum atomic E-state index is 10.3. The van der Waals surface area contributed by atoms with Crippen LogP contribution in [0.2, 0.25) is 0 Å². The minimum atomic E-state index is -0.516. The topological polar surface area (TPSA) is 33.1 Å². The Morgan fingerprint density at radius 1 is 1.10 bits per heavy atom. The van der Waals surface area contributed by atoms with Gasteiger partial charge >= 0.3 is 0 Å². The third-order valence-electron chi connectivity index (χ3n) is 3.35. The fourth-order valence-corrected chi connectivity index (χ4v) is 2.28. The van der Waals surface area contributed by atoms with Crippen molar-refractivity contribution < 1.29 is 5.11 Å². The summed E-state index contributed by atoms with van der Waals surface area (Å²) in [5, 5.41) is 10.3. The van der Waals surface area contributed by atoms with Crippen molar-refractivity contribution in [2.24, 2.45) is 0 Å². The van der Waals surface area contributed by atoms with E-state index in [1.807, 2.05) is 24.3 Å². The van der Waals surface area contributed by atoms with E-state index in [2.05, 4.69) is 53.8 Å². The summed E-state index contributed by atoms with van der Waals surface area (Å²) in [6, 6.07) is 12.1. The molecule has 0 radical (unpaired) electrons. The molecule has 1 heterocycles. The second-order valence-corrected chi connectivity index (χ2v) is 6.98. The summed E-state index contributed by atoms with van der Waals surface area (Å²) in [5.74, 6) is 0. The molecule has 20 heavy (non-hydrogen) atoms. The molecule has 1 aromatic heterocycles. The van der Waals surface area contributed by atoms with Gasteiger partial charge in [0, 0.05) is 22.8 Å². The average Bonchev–Trinajstić information content (AvgIpc) is 2.40. The Labute approximate surface area is 129 Å². The molecule has 106 valence electrons. The zero-order chi connectivity index (χ0) is 14.8. The molecule has 0 saturated carbocycles. The van der Waals surface area contributed by atoms with Crippen LogP contribution in [0.15, 0.2) is 47.1 Å². The molecule has 1 aromatic carbocycles. The quantitative estimate of drug-likeness (QED) is 0.901. The average molecular weight is 334 g/mol. The van der Waals surface area contributed by atoms with Crippen LogP contribution in [0.5, 0.6) is 0 Å². The summed E-state index contributed by atoms with van der Waals surface area (Å²) in [4.78, 5) is 4.29. The van der Waals surface area contributed by atoms with E-state index in [4.69, 9.17) is 0 Å². The number of aromatic nitrogens is 1. The van der Waals surface area contributed by atoms with E-state index in [1.165, 1.54) is 5.56 Å². The van der Waals surface area contributed by atoms with Crippen molar-refractivity contribution in [1.29, 1.82) is 0 Å². The highest BCUT2D eigenvalue weighted by Gasteiger charge is 2.15.